The lowest BCUT2D eigenvalue weighted by Crippen LogP contribution is -2.47. The van der Waals surface area contributed by atoms with Crippen LogP contribution in [0.15, 0.2) is 29.2 Å². The van der Waals surface area contributed by atoms with Crippen molar-refractivity contribution < 1.29 is 22.7 Å². The van der Waals surface area contributed by atoms with E-state index in [1.807, 2.05) is 0 Å². The van der Waals surface area contributed by atoms with E-state index in [0.29, 0.717) is 12.1 Å². The monoisotopic (exact) mass is 406 g/mol. The number of ether oxygens (including phenoxy) is 1. The quantitative estimate of drug-likeness (QED) is 0.704. The third-order valence-electron chi connectivity index (χ3n) is 6.52. The van der Waals surface area contributed by atoms with Gasteiger partial charge >= 0.3 is 5.97 Å². The first-order valence-corrected chi connectivity index (χ1v) is 11.3. The molecule has 4 aliphatic carbocycles. The highest BCUT2D eigenvalue weighted by atomic mass is 32.2. The van der Waals surface area contributed by atoms with E-state index in [0.717, 1.165) is 37.0 Å². The highest BCUT2D eigenvalue weighted by molar-refractivity contribution is 7.89. The molecule has 1 aromatic rings. The average molecular weight is 407 g/mol. The smallest absolute Gasteiger partial charge is 0.306 e. The molecule has 28 heavy (non-hydrogen) atoms. The molecule has 0 spiro atoms. The van der Waals surface area contributed by atoms with E-state index in [4.69, 9.17) is 9.88 Å². The molecule has 4 fully saturated rings. The van der Waals surface area contributed by atoms with Crippen LogP contribution in [-0.4, -0.2) is 26.9 Å². The van der Waals surface area contributed by atoms with Crippen LogP contribution in [0.3, 0.4) is 0 Å². The van der Waals surface area contributed by atoms with Gasteiger partial charge in [0.2, 0.25) is 10.0 Å². The minimum Gasteiger partial charge on any atom is -0.456 e. The zero-order chi connectivity index (χ0) is 19.9. The number of amides is 1. The Bertz CT molecular complexity index is 843. The first kappa shape index (κ1) is 19.4. The molecular formula is C20H26N2O5S. The summed E-state index contributed by atoms with van der Waals surface area (Å²) in [5.74, 6) is 1.54. The molecule has 0 saturated heterocycles. The number of primary sulfonamides is 1. The maximum Gasteiger partial charge on any atom is 0.306 e. The number of sulfonamides is 1. The molecule has 152 valence electrons. The molecule has 0 radical (unpaired) electrons. The molecule has 4 bridgehead atoms. The van der Waals surface area contributed by atoms with Gasteiger partial charge in [-0.25, -0.2) is 13.6 Å². The summed E-state index contributed by atoms with van der Waals surface area (Å²) in [6, 6.07) is 5.50. The summed E-state index contributed by atoms with van der Waals surface area (Å²) < 4.78 is 27.7. The van der Waals surface area contributed by atoms with Gasteiger partial charge in [-0.2, -0.15) is 0 Å². The number of hydrogen-bond acceptors (Lipinski definition) is 5. The number of hydrogen-bond donors (Lipinski definition) is 2. The van der Waals surface area contributed by atoms with Crippen LogP contribution in [0.1, 0.15) is 44.9 Å². The van der Waals surface area contributed by atoms with E-state index in [1.54, 1.807) is 0 Å². The summed E-state index contributed by atoms with van der Waals surface area (Å²) in [6.45, 7) is -0.345. The van der Waals surface area contributed by atoms with Crippen LogP contribution in [0.4, 0.5) is 5.69 Å². The topological polar surface area (TPSA) is 116 Å². The Kier molecular flexibility index (Phi) is 4.95. The number of nitrogens with one attached hydrogen (secondary N) is 1. The first-order valence-electron chi connectivity index (χ1n) is 9.79. The summed E-state index contributed by atoms with van der Waals surface area (Å²) in [5, 5.41) is 7.62. The minimum atomic E-state index is -3.77. The van der Waals surface area contributed by atoms with Gasteiger partial charge in [-0.3, -0.25) is 9.59 Å². The van der Waals surface area contributed by atoms with Crippen LogP contribution in [0.5, 0.6) is 0 Å². The second-order valence-corrected chi connectivity index (χ2v) is 10.4. The third-order valence-corrected chi connectivity index (χ3v) is 7.44. The molecular weight excluding hydrogens is 380 g/mol. The van der Waals surface area contributed by atoms with Gasteiger partial charge in [0.25, 0.3) is 5.91 Å². The lowest BCUT2D eigenvalue weighted by Gasteiger charge is -2.56. The van der Waals surface area contributed by atoms with Crippen molar-refractivity contribution in [1.29, 1.82) is 0 Å². The zero-order valence-electron chi connectivity index (χ0n) is 15.7. The van der Waals surface area contributed by atoms with Crippen LogP contribution in [0, 0.1) is 23.2 Å². The Labute approximate surface area is 165 Å². The highest BCUT2D eigenvalue weighted by Gasteiger charge is 2.51. The first-order chi connectivity index (χ1) is 13.2. The van der Waals surface area contributed by atoms with Crippen molar-refractivity contribution in [2.75, 3.05) is 11.9 Å². The number of benzene rings is 1. The van der Waals surface area contributed by atoms with Gasteiger partial charge in [0.1, 0.15) is 0 Å². The summed E-state index contributed by atoms with van der Waals surface area (Å²) >= 11 is 0. The summed E-state index contributed by atoms with van der Waals surface area (Å²) in [5.41, 5.74) is 0.501. The molecule has 5 rings (SSSR count). The molecule has 0 atom stereocenters. The van der Waals surface area contributed by atoms with Gasteiger partial charge in [0, 0.05) is 5.69 Å². The van der Waals surface area contributed by atoms with Gasteiger partial charge in [0.15, 0.2) is 6.61 Å². The Morgan fingerprint density at radius 2 is 1.57 bits per heavy atom. The van der Waals surface area contributed by atoms with Gasteiger partial charge in [0.05, 0.1) is 11.3 Å². The van der Waals surface area contributed by atoms with Gasteiger partial charge in [-0.05, 0) is 86.0 Å². The SMILES string of the molecule is NS(=O)(=O)c1ccc(NC(=O)COC(=O)CC23CC4CC(CC(C4)C2)C3)cc1. The second kappa shape index (κ2) is 7.15. The van der Waals surface area contributed by atoms with E-state index in [2.05, 4.69) is 5.32 Å². The van der Waals surface area contributed by atoms with Crippen LogP contribution in [0.25, 0.3) is 0 Å². The van der Waals surface area contributed by atoms with E-state index in [1.165, 1.54) is 43.5 Å². The number of esters is 1. The molecule has 7 nitrogen and oxygen atoms in total. The molecule has 0 heterocycles. The Morgan fingerprint density at radius 3 is 2.07 bits per heavy atom. The van der Waals surface area contributed by atoms with E-state index >= 15 is 0 Å². The molecule has 1 amide bonds. The number of rotatable bonds is 6. The Hall–Kier alpha value is -1.93. The van der Waals surface area contributed by atoms with Crippen molar-refractivity contribution in [2.24, 2.45) is 28.3 Å². The van der Waals surface area contributed by atoms with Crippen molar-refractivity contribution in [1.82, 2.24) is 0 Å². The molecule has 0 aliphatic heterocycles. The largest absolute Gasteiger partial charge is 0.456 e. The number of anilines is 1. The number of nitrogens with two attached hydrogens (primary N) is 1. The maximum absolute atomic E-state index is 12.4. The number of carbonyl (C=O) groups is 2. The lowest BCUT2D eigenvalue weighted by molar-refractivity contribution is -0.154. The zero-order valence-corrected chi connectivity index (χ0v) is 16.5. The van der Waals surface area contributed by atoms with Crippen LogP contribution < -0.4 is 10.5 Å². The second-order valence-electron chi connectivity index (χ2n) is 8.87. The van der Waals surface area contributed by atoms with Gasteiger partial charge in [-0.15, -0.1) is 0 Å². The van der Waals surface area contributed by atoms with Crippen molar-refractivity contribution in [3.05, 3.63) is 24.3 Å². The van der Waals surface area contributed by atoms with E-state index in [-0.39, 0.29) is 22.9 Å². The van der Waals surface area contributed by atoms with Gasteiger partial charge < -0.3 is 10.1 Å². The molecule has 3 N–H and O–H groups in total. The van der Waals surface area contributed by atoms with Crippen molar-refractivity contribution in [3.8, 4) is 0 Å². The maximum atomic E-state index is 12.4. The van der Waals surface area contributed by atoms with Gasteiger partial charge in [-0.1, -0.05) is 0 Å². The summed E-state index contributed by atoms with van der Waals surface area (Å²) in [6.07, 6.45) is 7.74. The van der Waals surface area contributed by atoms with Crippen LogP contribution in [0.2, 0.25) is 0 Å². The van der Waals surface area contributed by atoms with Crippen LogP contribution >= 0.6 is 0 Å². The van der Waals surface area contributed by atoms with Crippen molar-refractivity contribution in [3.63, 3.8) is 0 Å². The highest BCUT2D eigenvalue weighted by Crippen LogP contribution is 2.61. The molecule has 4 saturated carbocycles. The average Bonchev–Trinajstić information content (AvgIpc) is 2.58. The van der Waals surface area contributed by atoms with E-state index < -0.39 is 15.9 Å². The molecule has 8 heteroatoms. The van der Waals surface area contributed by atoms with Crippen molar-refractivity contribution >= 4 is 27.6 Å². The third kappa shape index (κ3) is 4.22. The summed E-state index contributed by atoms with van der Waals surface area (Å²) in [7, 11) is -3.77. The number of carbonyl (C=O) groups excluding carboxylic acids is 2. The minimum absolute atomic E-state index is 0.0347. The molecule has 4 aliphatic rings. The van der Waals surface area contributed by atoms with Crippen LogP contribution in [-0.2, 0) is 24.3 Å². The fourth-order valence-corrected chi connectivity index (χ4v) is 6.45. The standard InChI is InChI=1S/C20H26N2O5S/c21-28(25,26)17-3-1-16(2-4-17)22-18(23)12-27-19(24)11-20-8-13-5-14(9-20)7-15(6-13)10-20/h1-4,13-15H,5-12H2,(H,22,23)(H2,21,25,26). The Morgan fingerprint density at radius 1 is 1.04 bits per heavy atom. The Balaban J connectivity index is 1.26. The predicted molar refractivity (Wildman–Crippen MR) is 103 cm³/mol. The van der Waals surface area contributed by atoms with Crippen molar-refractivity contribution in [2.45, 2.75) is 49.8 Å². The van der Waals surface area contributed by atoms with E-state index in [9.17, 15) is 18.0 Å². The normalized spacial score (nSPS) is 30.8. The fourth-order valence-electron chi connectivity index (χ4n) is 5.93. The predicted octanol–water partition coefficient (Wildman–Crippen LogP) is 2.42. The molecule has 0 unspecified atom stereocenters. The lowest BCUT2D eigenvalue weighted by atomic mass is 9.49. The summed E-state index contributed by atoms with van der Waals surface area (Å²) in [4.78, 5) is 24.4. The molecule has 1 aromatic carbocycles. The molecule has 0 aromatic heterocycles. The fraction of sp³-hybridized carbons (Fsp3) is 0.600.